The molecule has 1 saturated heterocycles. The van der Waals surface area contributed by atoms with Gasteiger partial charge in [0.15, 0.2) is 0 Å². The number of aliphatic hydroxyl groups excluding tert-OH is 1. The highest BCUT2D eigenvalue weighted by molar-refractivity contribution is 4.90. The highest BCUT2D eigenvalue weighted by Gasteiger charge is 2.36. The maximum absolute atomic E-state index is 10.1. The van der Waals surface area contributed by atoms with Crippen LogP contribution in [0.15, 0.2) is 0 Å². The van der Waals surface area contributed by atoms with Crippen molar-refractivity contribution in [3.8, 4) is 0 Å². The smallest absolute Gasteiger partial charge is 0.0730 e. The Balaban J connectivity index is 1.88. The highest BCUT2D eigenvalue weighted by Crippen LogP contribution is 2.30. The van der Waals surface area contributed by atoms with E-state index in [1.807, 2.05) is 0 Å². The van der Waals surface area contributed by atoms with Crippen LogP contribution >= 0.6 is 0 Å². The number of aliphatic hydroxyl groups is 1. The zero-order valence-corrected chi connectivity index (χ0v) is 10.6. The number of hydrogen-bond acceptors (Lipinski definition) is 3. The zero-order chi connectivity index (χ0) is 11.5. The standard InChI is InChI=1S/C13H25NO2/c1-3-10(2)12(15)9-14-7-8-16-13-6-4-5-11(13)14/h10-13,15H,3-9H2,1-2H3. The van der Waals surface area contributed by atoms with E-state index in [9.17, 15) is 5.11 Å². The van der Waals surface area contributed by atoms with Crippen LogP contribution in [0.3, 0.4) is 0 Å². The Labute approximate surface area is 98.8 Å². The Bertz CT molecular complexity index is 222. The quantitative estimate of drug-likeness (QED) is 0.792. The van der Waals surface area contributed by atoms with Crippen molar-refractivity contribution < 1.29 is 9.84 Å². The molecule has 1 N–H and O–H groups in total. The number of rotatable bonds is 4. The van der Waals surface area contributed by atoms with Gasteiger partial charge in [-0.1, -0.05) is 20.3 Å². The van der Waals surface area contributed by atoms with Gasteiger partial charge < -0.3 is 9.84 Å². The number of fused-ring (bicyclic) bond motifs is 1. The van der Waals surface area contributed by atoms with Gasteiger partial charge in [-0.25, -0.2) is 0 Å². The molecule has 94 valence electrons. The average molecular weight is 227 g/mol. The van der Waals surface area contributed by atoms with Crippen molar-refractivity contribution in [2.45, 2.75) is 57.8 Å². The summed E-state index contributed by atoms with van der Waals surface area (Å²) < 4.78 is 5.78. The van der Waals surface area contributed by atoms with Gasteiger partial charge in [0.05, 0.1) is 18.8 Å². The zero-order valence-electron chi connectivity index (χ0n) is 10.6. The van der Waals surface area contributed by atoms with E-state index >= 15 is 0 Å². The van der Waals surface area contributed by atoms with Crippen LogP contribution in [0.2, 0.25) is 0 Å². The molecule has 1 aliphatic heterocycles. The third kappa shape index (κ3) is 2.58. The van der Waals surface area contributed by atoms with Gasteiger partial charge >= 0.3 is 0 Å². The molecule has 1 aliphatic carbocycles. The monoisotopic (exact) mass is 227 g/mol. The molecule has 0 bridgehead atoms. The van der Waals surface area contributed by atoms with Crippen LogP contribution in [0.25, 0.3) is 0 Å². The minimum Gasteiger partial charge on any atom is -0.392 e. The molecule has 4 atom stereocenters. The molecular weight excluding hydrogens is 202 g/mol. The first-order valence-corrected chi connectivity index (χ1v) is 6.76. The molecule has 0 spiro atoms. The normalized spacial score (nSPS) is 34.7. The lowest BCUT2D eigenvalue weighted by atomic mass is 10.00. The lowest BCUT2D eigenvalue weighted by Crippen LogP contribution is -2.51. The van der Waals surface area contributed by atoms with Crippen molar-refractivity contribution in [2.75, 3.05) is 19.7 Å². The first-order valence-electron chi connectivity index (χ1n) is 6.76. The van der Waals surface area contributed by atoms with Crippen LogP contribution in [0, 0.1) is 5.92 Å². The minimum absolute atomic E-state index is 0.177. The van der Waals surface area contributed by atoms with Gasteiger partial charge in [-0.2, -0.15) is 0 Å². The van der Waals surface area contributed by atoms with E-state index in [0.717, 1.165) is 26.1 Å². The second kappa shape index (κ2) is 5.48. The fraction of sp³-hybridized carbons (Fsp3) is 1.00. The van der Waals surface area contributed by atoms with Gasteiger partial charge in [-0.3, -0.25) is 4.90 Å². The Morgan fingerprint density at radius 1 is 1.44 bits per heavy atom. The summed E-state index contributed by atoms with van der Waals surface area (Å²) in [6, 6.07) is 0.576. The molecule has 3 heteroatoms. The fourth-order valence-electron chi connectivity index (χ4n) is 2.92. The second-order valence-electron chi connectivity index (χ2n) is 5.36. The van der Waals surface area contributed by atoms with Crippen molar-refractivity contribution in [3.63, 3.8) is 0 Å². The maximum Gasteiger partial charge on any atom is 0.0730 e. The summed E-state index contributed by atoms with van der Waals surface area (Å²) in [5.41, 5.74) is 0. The number of morpholine rings is 1. The van der Waals surface area contributed by atoms with E-state index < -0.39 is 0 Å². The summed E-state index contributed by atoms with van der Waals surface area (Å²) >= 11 is 0. The molecule has 2 fully saturated rings. The van der Waals surface area contributed by atoms with Crippen LogP contribution in [-0.4, -0.2) is 48.0 Å². The van der Waals surface area contributed by atoms with E-state index in [2.05, 4.69) is 18.7 Å². The topological polar surface area (TPSA) is 32.7 Å². The van der Waals surface area contributed by atoms with Gasteiger partial charge in [0.2, 0.25) is 0 Å². The van der Waals surface area contributed by atoms with Gasteiger partial charge in [0.25, 0.3) is 0 Å². The third-order valence-electron chi connectivity index (χ3n) is 4.32. The van der Waals surface area contributed by atoms with Crippen LogP contribution in [0.5, 0.6) is 0 Å². The van der Waals surface area contributed by atoms with Crippen molar-refractivity contribution in [1.82, 2.24) is 4.90 Å². The molecule has 0 aromatic carbocycles. The Morgan fingerprint density at radius 3 is 3.00 bits per heavy atom. The van der Waals surface area contributed by atoms with Crippen LogP contribution in [0.1, 0.15) is 39.5 Å². The molecule has 0 radical (unpaired) electrons. The lowest BCUT2D eigenvalue weighted by Gasteiger charge is -2.39. The van der Waals surface area contributed by atoms with Gasteiger partial charge in [0, 0.05) is 19.1 Å². The molecule has 0 aromatic heterocycles. The van der Waals surface area contributed by atoms with E-state index in [1.54, 1.807) is 0 Å². The summed E-state index contributed by atoms with van der Waals surface area (Å²) in [6.07, 6.45) is 5.06. The van der Waals surface area contributed by atoms with E-state index in [0.29, 0.717) is 18.1 Å². The summed E-state index contributed by atoms with van der Waals surface area (Å²) in [5.74, 6) is 0.405. The van der Waals surface area contributed by atoms with Gasteiger partial charge in [-0.05, 0) is 25.2 Å². The predicted molar refractivity (Wildman–Crippen MR) is 64.4 cm³/mol. The molecule has 4 unspecified atom stereocenters. The molecule has 3 nitrogen and oxygen atoms in total. The Hall–Kier alpha value is -0.120. The summed E-state index contributed by atoms with van der Waals surface area (Å²) in [4.78, 5) is 2.46. The maximum atomic E-state index is 10.1. The number of hydrogen-bond donors (Lipinski definition) is 1. The molecule has 1 heterocycles. The first kappa shape index (κ1) is 12.3. The average Bonchev–Trinajstić information content (AvgIpc) is 2.77. The van der Waals surface area contributed by atoms with Crippen LogP contribution in [0.4, 0.5) is 0 Å². The van der Waals surface area contributed by atoms with Crippen molar-refractivity contribution >= 4 is 0 Å². The highest BCUT2D eigenvalue weighted by atomic mass is 16.5. The Morgan fingerprint density at radius 2 is 2.25 bits per heavy atom. The molecule has 2 rings (SSSR count). The van der Waals surface area contributed by atoms with Gasteiger partial charge in [0.1, 0.15) is 0 Å². The molecule has 16 heavy (non-hydrogen) atoms. The van der Waals surface area contributed by atoms with Crippen molar-refractivity contribution in [1.29, 1.82) is 0 Å². The minimum atomic E-state index is -0.177. The second-order valence-corrected chi connectivity index (χ2v) is 5.36. The number of ether oxygens (including phenoxy) is 1. The van der Waals surface area contributed by atoms with E-state index in [-0.39, 0.29) is 6.10 Å². The molecule has 0 aromatic rings. The largest absolute Gasteiger partial charge is 0.392 e. The molecule has 0 amide bonds. The molecule has 1 saturated carbocycles. The van der Waals surface area contributed by atoms with E-state index in [4.69, 9.17) is 4.74 Å². The number of β-amino-alcohol motifs (C(OH)–C–C–N with tert-alkyl or cyclic N) is 1. The SMILES string of the molecule is CCC(C)C(O)CN1CCOC2CCCC21. The molecule has 2 aliphatic rings. The molecular formula is C13H25NO2. The Kier molecular flexibility index (Phi) is 4.22. The van der Waals surface area contributed by atoms with E-state index in [1.165, 1.54) is 19.3 Å². The fourth-order valence-corrected chi connectivity index (χ4v) is 2.92. The van der Waals surface area contributed by atoms with Crippen LogP contribution < -0.4 is 0 Å². The third-order valence-corrected chi connectivity index (χ3v) is 4.32. The number of nitrogens with zero attached hydrogens (tertiary/aromatic N) is 1. The lowest BCUT2D eigenvalue weighted by molar-refractivity contribution is -0.0718. The van der Waals surface area contributed by atoms with Crippen LogP contribution in [-0.2, 0) is 4.74 Å². The van der Waals surface area contributed by atoms with Crippen molar-refractivity contribution in [2.24, 2.45) is 5.92 Å². The summed E-state index contributed by atoms with van der Waals surface area (Å²) in [7, 11) is 0. The predicted octanol–water partition coefficient (Wildman–Crippen LogP) is 1.65. The van der Waals surface area contributed by atoms with Gasteiger partial charge in [-0.15, -0.1) is 0 Å². The summed E-state index contributed by atoms with van der Waals surface area (Å²) in [6.45, 7) is 6.95. The van der Waals surface area contributed by atoms with Crippen molar-refractivity contribution in [3.05, 3.63) is 0 Å². The summed E-state index contributed by atoms with van der Waals surface area (Å²) in [5, 5.41) is 10.1. The first-order chi connectivity index (χ1) is 7.72.